The number of fused-ring (bicyclic) bond motifs is 22. The lowest BCUT2D eigenvalue weighted by Gasteiger charge is -2.28. The summed E-state index contributed by atoms with van der Waals surface area (Å²) in [7, 11) is -2.92. The summed E-state index contributed by atoms with van der Waals surface area (Å²) in [6, 6.07) is 144. The summed E-state index contributed by atoms with van der Waals surface area (Å²) in [5, 5.41) is 20.9. The Morgan fingerprint density at radius 3 is 0.893 bits per heavy atom. The molecule has 8 nitrogen and oxygen atoms in total. The molecule has 0 amide bonds. The molecule has 23 rings (SSSR count). The number of rotatable bonds is 15. The van der Waals surface area contributed by atoms with E-state index in [2.05, 4.69) is 435 Å². The minimum Gasteiger partial charge on any atom is -0.456 e. The van der Waals surface area contributed by atoms with E-state index in [0.717, 1.165) is 194 Å². The van der Waals surface area contributed by atoms with Gasteiger partial charge in [-0.1, -0.05) is 262 Å². The van der Waals surface area contributed by atoms with Crippen LogP contribution >= 0.6 is 0 Å². The zero-order chi connectivity index (χ0) is 81.9. The Bertz CT molecular complexity index is 7990. The van der Waals surface area contributed by atoms with Gasteiger partial charge in [0.2, 0.25) is 0 Å². The molecular formula is C112H84N4O4Si2. The van der Waals surface area contributed by atoms with Crippen LogP contribution in [0.2, 0.25) is 39.3 Å². The SMILES string of the molecule is C[Si](C)(C)c1ccc(N(c2ccccc2)c2ccc3c(c2)oc2c4ccc(N(c5ccc6oc7ccccc7c6c5)c5ccccc5-c5ccccc5)cc4c4ccccc4c32)cc1.C[Si](C)(C)c1ccc(N(c2ccccc2)c2ccc3c(c2)oc2c4ccc(N(c5ccccc5)c5ccc6oc7ccccc7c6c5)cc4c4ccccc4c32)cc1. The van der Waals surface area contributed by atoms with Crippen LogP contribution in [0.15, 0.2) is 418 Å². The summed E-state index contributed by atoms with van der Waals surface area (Å²) in [5.74, 6) is 0. The van der Waals surface area contributed by atoms with E-state index in [9.17, 15) is 0 Å². The highest BCUT2D eigenvalue weighted by Gasteiger charge is 2.28. The predicted molar refractivity (Wildman–Crippen MR) is 522 cm³/mol. The molecule has 0 fully saturated rings. The largest absolute Gasteiger partial charge is 0.456 e. The fourth-order valence-corrected chi connectivity index (χ4v) is 20.7. The number of furan rings is 4. The number of hydrogen-bond donors (Lipinski definition) is 0. The Morgan fingerprint density at radius 2 is 0.475 bits per heavy atom. The topological polar surface area (TPSA) is 65.5 Å². The first kappa shape index (κ1) is 73.4. The van der Waals surface area contributed by atoms with Crippen LogP contribution in [0, 0.1) is 0 Å². The van der Waals surface area contributed by atoms with Gasteiger partial charge in [0.25, 0.3) is 0 Å². The molecule has 0 N–H and O–H groups in total. The quantitative estimate of drug-likeness (QED) is 0.0743. The van der Waals surface area contributed by atoms with Crippen molar-refractivity contribution in [3.8, 4) is 11.1 Å². The van der Waals surface area contributed by atoms with Gasteiger partial charge in [-0.3, -0.25) is 0 Å². The van der Waals surface area contributed by atoms with Gasteiger partial charge in [-0.25, -0.2) is 0 Å². The summed E-state index contributed by atoms with van der Waals surface area (Å²) < 4.78 is 26.6. The minimum absolute atomic E-state index is 0.855. The zero-order valence-corrected chi connectivity index (χ0v) is 70.5. The first-order chi connectivity index (χ1) is 59.8. The van der Waals surface area contributed by atoms with Crippen LogP contribution in [-0.2, 0) is 0 Å². The summed E-state index contributed by atoms with van der Waals surface area (Å²) >= 11 is 0. The lowest BCUT2D eigenvalue weighted by molar-refractivity contribution is 0.668. The van der Waals surface area contributed by atoms with Crippen LogP contribution in [0.1, 0.15) is 0 Å². The monoisotopic (exact) mass is 1600 g/mol. The van der Waals surface area contributed by atoms with Gasteiger partial charge in [-0.05, 0) is 214 Å². The zero-order valence-electron chi connectivity index (χ0n) is 68.5. The van der Waals surface area contributed by atoms with E-state index in [0.29, 0.717) is 0 Å². The Balaban J connectivity index is 0.000000146. The first-order valence-electron chi connectivity index (χ1n) is 41.9. The number of nitrogens with zero attached hydrogens (tertiary/aromatic N) is 4. The second-order valence-corrected chi connectivity index (χ2v) is 44.1. The van der Waals surface area contributed by atoms with E-state index in [4.69, 9.17) is 17.7 Å². The molecule has 0 aliphatic carbocycles. The van der Waals surface area contributed by atoms with Gasteiger partial charge in [0, 0.05) is 134 Å². The maximum atomic E-state index is 7.08. The van der Waals surface area contributed by atoms with Crippen molar-refractivity contribution in [1.29, 1.82) is 0 Å². The summed E-state index contributed by atoms with van der Waals surface area (Å²) in [4.78, 5) is 9.37. The normalized spacial score (nSPS) is 12.0. The second kappa shape index (κ2) is 29.5. The highest BCUT2D eigenvalue weighted by Crippen LogP contribution is 2.51. The second-order valence-electron chi connectivity index (χ2n) is 33.9. The van der Waals surface area contributed by atoms with Gasteiger partial charge >= 0.3 is 0 Å². The van der Waals surface area contributed by atoms with Gasteiger partial charge in [-0.2, -0.15) is 0 Å². The minimum atomic E-state index is -1.47. The van der Waals surface area contributed by atoms with Crippen molar-refractivity contribution in [2.24, 2.45) is 0 Å². The molecule has 10 heteroatoms. The van der Waals surface area contributed by atoms with Crippen LogP contribution in [0.5, 0.6) is 0 Å². The molecule has 0 unspecified atom stereocenters. The van der Waals surface area contributed by atoms with E-state index in [1.807, 2.05) is 24.3 Å². The van der Waals surface area contributed by atoms with Crippen molar-refractivity contribution in [3.63, 3.8) is 0 Å². The fourth-order valence-electron chi connectivity index (χ4n) is 18.4. The van der Waals surface area contributed by atoms with Gasteiger partial charge in [-0.15, -0.1) is 0 Å². The average molecular weight is 1610 g/mol. The number of para-hydroxylation sites is 6. The standard InChI is InChI=1S/C59H44N2O2Si.C53H40N2O2Si/c1-64(2,3)45-31-26-41(27-32-45)60(40-18-8-5-9-19-40)44-29-34-51-57(38-44)63-59-50-33-28-42(36-52(50)47-21-10-11-23-49(47)58(51)59)61(54-24-14-12-20-46(54)39-16-6-4-7-17-39)43-30-35-56-53(37-43)48-22-13-15-25-55(48)62-56;1-58(2,3)41-27-22-37(23-28-41)54(35-14-6-4-7-15-35)40-25-30-46-51(34-40)57-53-45-29-24-38(32-47(45)42-18-10-11-20-44(42)52(46)53)55(36-16-8-5-9-17-36)39-26-31-50-48(33-39)43-19-12-13-21-49(43)56-50/h4-38H,1-3H3;4-34H,1-3H3. The third-order valence-corrected chi connectivity index (χ3v) is 28.5. The number of hydrogen-bond acceptors (Lipinski definition) is 8. The van der Waals surface area contributed by atoms with Crippen LogP contribution in [0.3, 0.4) is 0 Å². The van der Waals surface area contributed by atoms with Gasteiger partial charge in [0.15, 0.2) is 0 Å². The highest BCUT2D eigenvalue weighted by molar-refractivity contribution is 6.89. The Morgan fingerprint density at radius 1 is 0.180 bits per heavy atom. The lowest BCUT2D eigenvalue weighted by atomic mass is 9.95. The molecule has 0 aliphatic rings. The fraction of sp³-hybridized carbons (Fsp3) is 0.0536. The van der Waals surface area contributed by atoms with Gasteiger partial charge < -0.3 is 37.3 Å². The summed E-state index contributed by atoms with van der Waals surface area (Å²) in [6.07, 6.45) is 0. The molecule has 0 aliphatic heterocycles. The molecular weight excluding hydrogens is 1520 g/mol. The summed E-state index contributed by atoms with van der Waals surface area (Å²) in [6.45, 7) is 14.4. The number of anilines is 12. The van der Waals surface area contributed by atoms with Crippen LogP contribution < -0.4 is 30.0 Å². The smallest absolute Gasteiger partial charge is 0.143 e. The molecule has 19 aromatic carbocycles. The van der Waals surface area contributed by atoms with Crippen molar-refractivity contribution < 1.29 is 17.7 Å². The van der Waals surface area contributed by atoms with Crippen LogP contribution in [0.4, 0.5) is 68.2 Å². The molecule has 4 aromatic heterocycles. The number of benzene rings is 19. The molecule has 0 bridgehead atoms. The Kier molecular flexibility index (Phi) is 17.8. The highest BCUT2D eigenvalue weighted by atomic mass is 28.3. The molecule has 0 saturated carbocycles. The first-order valence-corrected chi connectivity index (χ1v) is 48.9. The molecule has 0 spiro atoms. The van der Waals surface area contributed by atoms with Crippen molar-refractivity contribution in [1.82, 2.24) is 0 Å². The van der Waals surface area contributed by atoms with Gasteiger partial charge in [0.05, 0.1) is 21.8 Å². The van der Waals surface area contributed by atoms with Crippen LogP contribution in [0.25, 0.3) is 142 Å². The Hall–Kier alpha value is -14.9. The van der Waals surface area contributed by atoms with Crippen molar-refractivity contribution in [2.45, 2.75) is 39.3 Å². The lowest BCUT2D eigenvalue weighted by Crippen LogP contribution is -2.37. The van der Waals surface area contributed by atoms with E-state index in [1.54, 1.807) is 0 Å². The molecule has 122 heavy (non-hydrogen) atoms. The predicted octanol–water partition coefficient (Wildman–Crippen LogP) is 32.2. The molecule has 4 heterocycles. The Labute approximate surface area is 708 Å². The van der Waals surface area contributed by atoms with E-state index in [-0.39, 0.29) is 0 Å². The van der Waals surface area contributed by atoms with Crippen molar-refractivity contribution >= 4 is 226 Å². The van der Waals surface area contributed by atoms with Gasteiger partial charge in [0.1, 0.15) is 44.7 Å². The van der Waals surface area contributed by atoms with E-state index < -0.39 is 16.1 Å². The molecule has 0 saturated heterocycles. The maximum Gasteiger partial charge on any atom is 0.143 e. The summed E-state index contributed by atoms with van der Waals surface area (Å²) in [5.41, 5.74) is 22.2. The third-order valence-electron chi connectivity index (χ3n) is 24.3. The molecule has 584 valence electrons. The molecule has 0 radical (unpaired) electrons. The third kappa shape index (κ3) is 12.8. The van der Waals surface area contributed by atoms with E-state index in [1.165, 1.54) is 26.5 Å². The molecule has 23 aromatic rings. The molecule has 0 atom stereocenters. The van der Waals surface area contributed by atoms with Crippen molar-refractivity contribution in [3.05, 3.63) is 400 Å². The average Bonchev–Trinajstić information content (AvgIpc) is 1.56. The van der Waals surface area contributed by atoms with Crippen molar-refractivity contribution in [2.75, 3.05) is 19.6 Å². The van der Waals surface area contributed by atoms with Crippen LogP contribution in [-0.4, -0.2) is 16.1 Å². The van der Waals surface area contributed by atoms with E-state index >= 15 is 0 Å². The maximum absolute atomic E-state index is 7.08.